The summed E-state index contributed by atoms with van der Waals surface area (Å²) in [5.74, 6) is 5.03. The molecular formula is C83H123IN10O30S3. The molecule has 40 nitrogen and oxygen atoms in total. The number of hydrogen-bond acceptors (Lipinski definition) is 34. The summed E-state index contributed by atoms with van der Waals surface area (Å²) in [6, 6.07) is -8.10. The number of methoxy groups -OCH3 is 5. The number of aliphatic carboxylic acids is 1. The van der Waals surface area contributed by atoms with Gasteiger partial charge < -0.3 is 135 Å². The maximum absolute atomic E-state index is 14.7. The molecule has 4 fully saturated rings. The second kappa shape index (κ2) is 49.2. The van der Waals surface area contributed by atoms with Crippen molar-refractivity contribution in [2.45, 2.75) is 291 Å². The van der Waals surface area contributed by atoms with E-state index in [0.29, 0.717) is 28.5 Å². The van der Waals surface area contributed by atoms with Gasteiger partial charge in [-0.1, -0.05) is 83.9 Å². The van der Waals surface area contributed by atoms with Gasteiger partial charge >= 0.3 is 24.2 Å². The third kappa shape index (κ3) is 29.3. The second-order valence-electron chi connectivity index (χ2n) is 32.7. The normalized spacial score (nSPS) is 28.7. The lowest BCUT2D eigenvalue weighted by molar-refractivity contribution is -0.336. The van der Waals surface area contributed by atoms with Crippen LogP contribution in [0.25, 0.3) is 0 Å². The number of carbonyl (C=O) groups excluding carboxylic acids is 9. The topological polar surface area (TPSA) is 556 Å². The summed E-state index contributed by atoms with van der Waals surface area (Å²) >= 11 is 2.74. The number of hydrogen-bond donors (Lipinski definition) is 16. The molecule has 0 spiro atoms. The van der Waals surface area contributed by atoms with E-state index in [2.05, 4.69) is 71.7 Å². The molecule has 1 aromatic carbocycles. The number of benzene rings is 1. The van der Waals surface area contributed by atoms with Crippen LogP contribution in [0.2, 0.25) is 0 Å². The molecule has 23 atom stereocenters. The van der Waals surface area contributed by atoms with Crippen molar-refractivity contribution in [1.29, 1.82) is 0 Å². The lowest BCUT2D eigenvalue weighted by atomic mass is 9.75. The third-order valence-corrected chi connectivity index (χ3v) is 27.1. The highest BCUT2D eigenvalue weighted by Crippen LogP contribution is 2.50. The number of Topliss-reactive ketones (excluding diaryl/α,β-unsaturated/α-hetero) is 1. The molecule has 0 unspecified atom stereocenters. The molecule has 8 amide bonds. The first-order chi connectivity index (χ1) is 59.9. The Balaban J connectivity index is 1.12. The van der Waals surface area contributed by atoms with Crippen LogP contribution in [0.15, 0.2) is 35.1 Å². The Labute approximate surface area is 764 Å². The van der Waals surface area contributed by atoms with E-state index >= 15 is 0 Å². The zero-order chi connectivity index (χ0) is 94.3. The number of fused-ring (bicyclic) bond motifs is 2. The summed E-state index contributed by atoms with van der Waals surface area (Å²) in [5, 5.41) is 90.2. The number of thioether (sulfide) groups is 1. The Morgan fingerprint density at radius 3 is 2.04 bits per heavy atom. The van der Waals surface area contributed by atoms with Crippen molar-refractivity contribution >= 4 is 115 Å². The number of halogens is 1. The average molecular weight is 1960 g/mol. The first-order valence-electron chi connectivity index (χ1n) is 41.5. The van der Waals surface area contributed by atoms with E-state index in [1.54, 1.807) is 62.3 Å². The number of nitrogens with one attached hydrogen (secondary N) is 9. The summed E-state index contributed by atoms with van der Waals surface area (Å²) in [4.78, 5) is 142. The smallest absolute Gasteiger partial charge is 0.411 e. The number of carboxylic acids is 1. The zero-order valence-corrected chi connectivity index (χ0v) is 79.0. The minimum atomic E-state index is -2.39. The monoisotopic (exact) mass is 1960 g/mol. The molecule has 2 bridgehead atoms. The van der Waals surface area contributed by atoms with Crippen LogP contribution in [0, 0.1) is 40.1 Å². The number of aliphatic hydroxyl groups is 5. The molecule has 4 saturated heterocycles. The number of nitrogens with two attached hydrogens (primary N) is 1. The minimum Gasteiger partial charge on any atom is -0.492 e. The fraction of sp³-hybridized carbons (Fsp3) is 0.687. The van der Waals surface area contributed by atoms with Crippen LogP contribution in [-0.2, 0) is 81.0 Å². The van der Waals surface area contributed by atoms with E-state index in [-0.39, 0.29) is 97.6 Å². The van der Waals surface area contributed by atoms with Crippen LogP contribution >= 0.6 is 55.9 Å². The van der Waals surface area contributed by atoms with Crippen molar-refractivity contribution in [2.75, 3.05) is 67.5 Å². The number of unbranched alkanes of at least 4 members (excludes halogenated alkanes) is 1. The van der Waals surface area contributed by atoms with Crippen LogP contribution in [0.1, 0.15) is 150 Å². The van der Waals surface area contributed by atoms with Crippen molar-refractivity contribution in [3.05, 3.63) is 49.8 Å². The second-order valence-corrected chi connectivity index (χ2v) is 37.9. The molecule has 710 valence electrons. The van der Waals surface area contributed by atoms with E-state index in [9.17, 15) is 78.6 Å². The number of hydroxylamine groups is 1. The molecule has 0 radical (unpaired) electrons. The lowest BCUT2D eigenvalue weighted by Gasteiger charge is -2.46. The fourth-order valence-electron chi connectivity index (χ4n) is 14.8. The number of ether oxygens (including phenoxy) is 13. The van der Waals surface area contributed by atoms with Crippen molar-refractivity contribution in [1.82, 2.24) is 48.0 Å². The van der Waals surface area contributed by atoms with E-state index in [4.69, 9.17) is 72.2 Å². The molecular weight excluding hydrogens is 1840 g/mol. The number of alkyl carbamates (subject to hydrolysis) is 2. The van der Waals surface area contributed by atoms with Gasteiger partial charge in [0.2, 0.25) is 40.8 Å². The molecule has 127 heavy (non-hydrogen) atoms. The highest BCUT2D eigenvalue weighted by molar-refractivity contribution is 14.1. The predicted molar refractivity (Wildman–Crippen MR) is 471 cm³/mol. The SMILES string of the molecule is CCN[C@H]1CO[C@@H](O[C@H]2[C@H](O[C@H]3C#C/C=C\C#C[C@]4(O)CC(=O)C(NC(=O)OC)=C3/C4=C\CSSC(C)(C)[C@H](NC(=O)[C@H](CCCNC(N)=O)NC(=O)[C@@H](NC(=O)[C@H](CCCCNC(=O)OC(C)(C)C)NC(C)=O)C(C)C)C(=O)O)O[C@H](C)[C@@H](NO[C@H]3C[C@H](O)[C@H](SC(=O)c4c(C)c(I)c(O[C@@H]5O[C@@H](C)[C@H](O)[C@@H](OC)[C@H]5O)c(OC)c4OC)[C@@H](C)O3)[C@@H]2O)C[C@@H]1OC. The highest BCUT2D eigenvalue weighted by Gasteiger charge is 2.53. The highest BCUT2D eigenvalue weighted by atomic mass is 127. The molecule has 1 aromatic rings. The minimum absolute atomic E-state index is 0.0132. The Bertz CT molecular complexity index is 4240. The molecule has 44 heteroatoms. The van der Waals surface area contributed by atoms with Gasteiger partial charge in [-0.25, -0.2) is 19.2 Å². The fourth-order valence-corrected chi connectivity index (χ4v) is 19.0. The molecule has 4 heterocycles. The van der Waals surface area contributed by atoms with Crippen LogP contribution in [0.3, 0.4) is 0 Å². The zero-order valence-electron chi connectivity index (χ0n) is 74.4. The van der Waals surface area contributed by atoms with Gasteiger partial charge in [0.15, 0.2) is 41.8 Å². The summed E-state index contributed by atoms with van der Waals surface area (Å²) in [7, 11) is 8.54. The van der Waals surface area contributed by atoms with Gasteiger partial charge in [-0.3, -0.25) is 38.9 Å². The number of amides is 8. The van der Waals surface area contributed by atoms with Crippen LogP contribution < -0.4 is 68.0 Å². The van der Waals surface area contributed by atoms with E-state index in [0.717, 1.165) is 40.5 Å². The quantitative estimate of drug-likeness (QED) is 0.0147. The van der Waals surface area contributed by atoms with Gasteiger partial charge in [0.25, 0.3) is 0 Å². The van der Waals surface area contributed by atoms with E-state index in [1.807, 2.05) is 29.5 Å². The van der Waals surface area contributed by atoms with Crippen LogP contribution in [0.4, 0.5) is 14.4 Å². The summed E-state index contributed by atoms with van der Waals surface area (Å²) < 4.78 is 76.9. The standard InChI is InChI=1S/C83H123IN10O30S3/c1-19-86-48-38-116-53(36-52(48)111-14)121-67-62(99)59(94-124-54-35-49(96)69(43(7)117-54)126-75(106)55-40(4)57(84)65(68(114-17)64(55)112-15)122-76-63(100)66(113-16)61(98)42(6)119-76)41(5)118-77(67)120-51-29-22-20-21-24-31-83(110)37-50(97)60(92-80(109)115-18)56(51)45(83)30-34-125-127-82(12,13)70(74(104)105)93-72(102)47(28-26-33-87-78(85)107)90-73(103)58(39(2)3)91-71(101)46(89-44(8)95)27-23-25-32-88-79(108)123-81(9,10)11/h20-21,30,39,41-43,46-49,51-54,58-59,61-63,66-67,69-70,76-77,86,94,96,98-100,110H,19,23,25-28,32-38H2,1-18H3,(H,88,108)(H,89,95)(H,90,103)(H,91,101)(H,92,109)(H,93,102)(H,104,105)(H3,85,87,107)/b21-20-,45-30+/t41-,42+,43-,46+,47+,48+,49+,51+,52+,53+,54+,58+,59-,61+,62+,63-,66-,67-,69-,70-,76+,77+,83+/m1/s1. The van der Waals surface area contributed by atoms with E-state index < -0.39 is 220 Å². The van der Waals surface area contributed by atoms with Gasteiger partial charge in [0.1, 0.15) is 66.4 Å². The maximum Gasteiger partial charge on any atom is 0.411 e. The maximum atomic E-state index is 14.7. The number of ketones is 1. The number of allylic oxidation sites excluding steroid dienone is 3. The number of carbonyl (C=O) groups is 10. The van der Waals surface area contributed by atoms with Gasteiger partial charge in [-0.15, -0.1) is 0 Å². The first-order valence-corrected chi connectivity index (χ1v) is 45.7. The van der Waals surface area contributed by atoms with Crippen molar-refractivity contribution in [3.8, 4) is 40.9 Å². The first kappa shape index (κ1) is 107. The Morgan fingerprint density at radius 2 is 1.42 bits per heavy atom. The van der Waals surface area contributed by atoms with Crippen LogP contribution in [-0.4, -0.2) is 307 Å². The van der Waals surface area contributed by atoms with Gasteiger partial charge in [0.05, 0.1) is 102 Å². The van der Waals surface area contributed by atoms with Crippen LogP contribution in [0.5, 0.6) is 17.2 Å². The predicted octanol–water partition coefficient (Wildman–Crippen LogP) is 2.54. The molecule has 17 N–H and O–H groups in total. The molecule has 2 aliphatic carbocycles. The largest absolute Gasteiger partial charge is 0.492 e. The molecule has 6 aliphatic rings. The molecule has 0 aromatic heterocycles. The number of carboxylic acid groups (broad SMARTS) is 1. The number of urea groups is 1. The lowest BCUT2D eigenvalue weighted by Crippen LogP contribution is -2.65. The van der Waals surface area contributed by atoms with E-state index in [1.165, 1.54) is 67.4 Å². The van der Waals surface area contributed by atoms with Crippen molar-refractivity contribution in [2.24, 2.45) is 11.7 Å². The summed E-state index contributed by atoms with van der Waals surface area (Å²) in [6.45, 7) is 21.7. The Hall–Kier alpha value is -7.40. The molecule has 0 saturated carbocycles. The molecule has 4 aliphatic heterocycles. The van der Waals surface area contributed by atoms with Crippen molar-refractivity contribution < 1.29 is 145 Å². The van der Waals surface area contributed by atoms with Gasteiger partial charge in [-0.2, -0.15) is 5.48 Å². The third-order valence-electron chi connectivity index (χ3n) is 21.3. The Kier molecular flexibility index (Phi) is 41.3. The average Bonchev–Trinajstić information content (AvgIpc) is 0.754. The Morgan fingerprint density at radius 1 is 0.756 bits per heavy atom. The summed E-state index contributed by atoms with van der Waals surface area (Å²) in [5.41, 5.74) is 4.67. The van der Waals surface area contributed by atoms with Gasteiger partial charge in [-0.05, 0) is 147 Å². The number of aliphatic hydroxyl groups excluding tert-OH is 4. The molecule has 7 rings (SSSR count). The van der Waals surface area contributed by atoms with Crippen molar-refractivity contribution in [3.63, 3.8) is 0 Å². The number of primary amides is 1. The van der Waals surface area contributed by atoms with Gasteiger partial charge in [0, 0.05) is 64.0 Å². The number of likely N-dealkylation sites (N-methyl/N-ethyl adjacent to an activating group) is 1. The number of rotatable bonds is 41. The summed E-state index contributed by atoms with van der Waals surface area (Å²) in [6.07, 6.45) is -16.6.